The van der Waals surface area contributed by atoms with Crippen LogP contribution in [0.3, 0.4) is 0 Å². The summed E-state index contributed by atoms with van der Waals surface area (Å²) in [5.74, 6) is 1.28. The second-order valence-electron chi connectivity index (χ2n) is 3.84. The Labute approximate surface area is 123 Å². The number of aromatic nitrogens is 3. The first-order chi connectivity index (χ1) is 9.67. The van der Waals surface area contributed by atoms with Gasteiger partial charge in [-0.15, -0.1) is 11.3 Å². The van der Waals surface area contributed by atoms with Gasteiger partial charge < -0.3 is 15.0 Å². The maximum absolute atomic E-state index is 5.92. The first-order valence-electron chi connectivity index (χ1n) is 5.56. The van der Waals surface area contributed by atoms with Gasteiger partial charge in [-0.25, -0.2) is 4.98 Å². The maximum atomic E-state index is 5.92. The van der Waals surface area contributed by atoms with Crippen molar-refractivity contribution in [2.24, 2.45) is 0 Å². The van der Waals surface area contributed by atoms with Gasteiger partial charge >= 0.3 is 0 Å². The minimum Gasteiger partial charge on any atom is -0.496 e. The summed E-state index contributed by atoms with van der Waals surface area (Å²) in [6, 6.07) is 5.19. The van der Waals surface area contributed by atoms with Crippen molar-refractivity contribution >= 4 is 28.1 Å². The number of nitrogens with two attached hydrogens (primary N) is 1. The average Bonchev–Trinajstić information content (AvgIpc) is 3.07. The molecule has 0 saturated carbocycles. The molecule has 0 saturated heterocycles. The highest BCUT2D eigenvalue weighted by atomic mass is 35.5. The van der Waals surface area contributed by atoms with Gasteiger partial charge in [-0.1, -0.05) is 16.8 Å². The van der Waals surface area contributed by atoms with Crippen LogP contribution in [-0.2, 0) is 0 Å². The fourth-order valence-corrected chi connectivity index (χ4v) is 2.37. The normalized spacial score (nSPS) is 10.7. The highest BCUT2D eigenvalue weighted by molar-refractivity contribution is 7.13. The van der Waals surface area contributed by atoms with Gasteiger partial charge in [0, 0.05) is 10.4 Å². The van der Waals surface area contributed by atoms with Crippen LogP contribution in [0.1, 0.15) is 0 Å². The van der Waals surface area contributed by atoms with E-state index in [4.69, 9.17) is 26.6 Å². The fraction of sp³-hybridized carbons (Fsp3) is 0.0833. The summed E-state index contributed by atoms with van der Waals surface area (Å²) in [5, 5.41) is 6.70. The van der Waals surface area contributed by atoms with E-state index in [2.05, 4.69) is 15.1 Å². The lowest BCUT2D eigenvalue weighted by Crippen LogP contribution is -1.89. The van der Waals surface area contributed by atoms with Crippen molar-refractivity contribution in [1.29, 1.82) is 0 Å². The summed E-state index contributed by atoms with van der Waals surface area (Å²) >= 11 is 7.23. The van der Waals surface area contributed by atoms with Gasteiger partial charge in [-0.05, 0) is 18.2 Å². The van der Waals surface area contributed by atoms with Crippen LogP contribution in [0, 0.1) is 0 Å². The van der Waals surface area contributed by atoms with E-state index in [9.17, 15) is 0 Å². The van der Waals surface area contributed by atoms with Gasteiger partial charge in [0.05, 0.1) is 12.7 Å². The second kappa shape index (κ2) is 5.10. The van der Waals surface area contributed by atoms with Crippen molar-refractivity contribution in [3.05, 3.63) is 28.6 Å². The number of benzene rings is 1. The molecule has 20 heavy (non-hydrogen) atoms. The largest absolute Gasteiger partial charge is 0.496 e. The monoisotopic (exact) mass is 308 g/mol. The van der Waals surface area contributed by atoms with E-state index < -0.39 is 0 Å². The molecule has 1 aromatic carbocycles. The molecule has 8 heteroatoms. The van der Waals surface area contributed by atoms with Crippen molar-refractivity contribution in [3.8, 4) is 28.7 Å². The Hall–Kier alpha value is -2.12. The molecule has 2 heterocycles. The first-order valence-corrected chi connectivity index (χ1v) is 6.82. The Morgan fingerprint density at radius 2 is 2.20 bits per heavy atom. The van der Waals surface area contributed by atoms with E-state index in [0.717, 1.165) is 0 Å². The minimum atomic E-state index is 0.310. The molecule has 102 valence electrons. The second-order valence-corrected chi connectivity index (χ2v) is 5.16. The van der Waals surface area contributed by atoms with E-state index >= 15 is 0 Å². The smallest absolute Gasteiger partial charge is 0.277 e. The summed E-state index contributed by atoms with van der Waals surface area (Å²) in [6.07, 6.45) is 0. The lowest BCUT2D eigenvalue weighted by molar-refractivity contribution is 0.413. The summed E-state index contributed by atoms with van der Waals surface area (Å²) in [4.78, 5) is 8.38. The number of ether oxygens (including phenoxy) is 1. The Morgan fingerprint density at radius 1 is 1.35 bits per heavy atom. The molecular weight excluding hydrogens is 300 g/mol. The van der Waals surface area contributed by atoms with Gasteiger partial charge in [0.2, 0.25) is 5.82 Å². The first kappa shape index (κ1) is 12.9. The van der Waals surface area contributed by atoms with E-state index in [1.54, 1.807) is 30.7 Å². The van der Waals surface area contributed by atoms with Crippen molar-refractivity contribution in [3.63, 3.8) is 0 Å². The number of methoxy groups -OCH3 is 1. The molecule has 0 bridgehead atoms. The molecule has 3 rings (SSSR count). The van der Waals surface area contributed by atoms with Crippen molar-refractivity contribution < 1.29 is 9.26 Å². The number of nitrogen functional groups attached to an aromatic ring is 1. The zero-order valence-corrected chi connectivity index (χ0v) is 11.9. The quantitative estimate of drug-likeness (QED) is 0.800. The van der Waals surface area contributed by atoms with Crippen LogP contribution < -0.4 is 10.5 Å². The van der Waals surface area contributed by atoms with Gasteiger partial charge in [0.1, 0.15) is 11.4 Å². The van der Waals surface area contributed by atoms with Crippen LogP contribution in [0.4, 0.5) is 5.13 Å². The Balaban J connectivity index is 2.02. The molecule has 0 aliphatic carbocycles. The van der Waals surface area contributed by atoms with Gasteiger partial charge in [0.25, 0.3) is 5.89 Å². The molecular formula is C12H9ClN4O2S. The molecule has 2 N–H and O–H groups in total. The van der Waals surface area contributed by atoms with E-state index in [-0.39, 0.29) is 0 Å². The standard InChI is InChI=1S/C12H9ClN4O2S/c1-18-9-4-6(13)2-3-7(9)10-16-11(19-17-10)8-5-20-12(14)15-8/h2-5H,1H3,(H2,14,15). The predicted molar refractivity (Wildman–Crippen MR) is 76.8 cm³/mol. The number of thiazole rings is 1. The lowest BCUT2D eigenvalue weighted by atomic mass is 10.2. The molecule has 2 aromatic heterocycles. The molecule has 0 unspecified atom stereocenters. The molecule has 0 amide bonds. The topological polar surface area (TPSA) is 87.1 Å². The number of nitrogens with zero attached hydrogens (tertiary/aromatic N) is 3. The third-order valence-corrected chi connectivity index (χ3v) is 3.48. The van der Waals surface area contributed by atoms with Crippen LogP contribution in [0.25, 0.3) is 23.0 Å². The van der Waals surface area contributed by atoms with Crippen LogP contribution in [0.5, 0.6) is 5.75 Å². The third-order valence-electron chi connectivity index (χ3n) is 2.57. The number of halogens is 1. The van der Waals surface area contributed by atoms with E-state index in [1.165, 1.54) is 11.3 Å². The highest BCUT2D eigenvalue weighted by Gasteiger charge is 2.16. The van der Waals surface area contributed by atoms with Crippen LogP contribution in [0.2, 0.25) is 5.02 Å². The van der Waals surface area contributed by atoms with Crippen LogP contribution >= 0.6 is 22.9 Å². The lowest BCUT2D eigenvalue weighted by Gasteiger charge is -2.04. The summed E-state index contributed by atoms with van der Waals surface area (Å²) < 4.78 is 10.4. The average molecular weight is 309 g/mol. The molecule has 0 radical (unpaired) electrons. The molecule has 0 atom stereocenters. The molecule has 0 spiro atoms. The number of hydrogen-bond acceptors (Lipinski definition) is 7. The van der Waals surface area contributed by atoms with Gasteiger partial charge in [0.15, 0.2) is 5.13 Å². The Bertz CT molecular complexity index is 756. The molecule has 0 aliphatic heterocycles. The van der Waals surface area contributed by atoms with Crippen LogP contribution in [-0.4, -0.2) is 22.2 Å². The molecule has 3 aromatic rings. The zero-order chi connectivity index (χ0) is 14.1. The maximum Gasteiger partial charge on any atom is 0.277 e. The Kier molecular flexibility index (Phi) is 3.29. The van der Waals surface area contributed by atoms with Crippen molar-refractivity contribution in [2.75, 3.05) is 12.8 Å². The van der Waals surface area contributed by atoms with Crippen molar-refractivity contribution in [2.45, 2.75) is 0 Å². The number of anilines is 1. The molecule has 0 fully saturated rings. The minimum absolute atomic E-state index is 0.310. The summed E-state index contributed by atoms with van der Waals surface area (Å²) in [6.45, 7) is 0. The molecule has 0 aliphatic rings. The summed E-state index contributed by atoms with van der Waals surface area (Å²) in [5.41, 5.74) is 6.82. The van der Waals surface area contributed by atoms with E-state index in [0.29, 0.717) is 38.9 Å². The highest BCUT2D eigenvalue weighted by Crippen LogP contribution is 2.32. The van der Waals surface area contributed by atoms with E-state index in [1.807, 2.05) is 0 Å². The SMILES string of the molecule is COc1cc(Cl)ccc1-c1noc(-c2csc(N)n2)n1. The third kappa shape index (κ3) is 2.33. The zero-order valence-electron chi connectivity index (χ0n) is 10.3. The number of hydrogen-bond donors (Lipinski definition) is 1. The van der Waals surface area contributed by atoms with Crippen molar-refractivity contribution in [1.82, 2.24) is 15.1 Å². The van der Waals surface area contributed by atoms with Crippen LogP contribution in [0.15, 0.2) is 28.1 Å². The number of rotatable bonds is 3. The fourth-order valence-electron chi connectivity index (χ4n) is 1.67. The Morgan fingerprint density at radius 3 is 2.90 bits per heavy atom. The van der Waals surface area contributed by atoms with Gasteiger partial charge in [-0.3, -0.25) is 0 Å². The molecule has 6 nitrogen and oxygen atoms in total. The van der Waals surface area contributed by atoms with Gasteiger partial charge in [-0.2, -0.15) is 4.98 Å². The predicted octanol–water partition coefficient (Wildman–Crippen LogP) is 3.10. The summed E-state index contributed by atoms with van der Waals surface area (Å²) in [7, 11) is 1.55.